The summed E-state index contributed by atoms with van der Waals surface area (Å²) in [5.74, 6) is 2.47. The van der Waals surface area contributed by atoms with Gasteiger partial charge in [-0.25, -0.2) is 9.97 Å². The summed E-state index contributed by atoms with van der Waals surface area (Å²) in [7, 11) is 1.92. The number of hydrogen-bond donors (Lipinski definition) is 1. The van der Waals surface area contributed by atoms with Gasteiger partial charge in [0.05, 0.1) is 18.2 Å². The zero-order chi connectivity index (χ0) is 19.1. The summed E-state index contributed by atoms with van der Waals surface area (Å²) in [5, 5.41) is 9.22. The second-order valence-corrected chi connectivity index (χ2v) is 7.87. The maximum atomic E-state index is 5.87. The van der Waals surface area contributed by atoms with Crippen LogP contribution < -0.4 is 15.0 Å². The van der Waals surface area contributed by atoms with Crippen molar-refractivity contribution in [3.8, 4) is 5.75 Å². The Morgan fingerprint density at radius 1 is 1.18 bits per heavy atom. The maximum Gasteiger partial charge on any atom is 0.163 e. The average molecular weight is 378 g/mol. The summed E-state index contributed by atoms with van der Waals surface area (Å²) < 4.78 is 7.67. The van der Waals surface area contributed by atoms with Crippen LogP contribution in [-0.2, 0) is 7.05 Å². The topological polar surface area (TPSA) is 68.1 Å². The molecule has 28 heavy (non-hydrogen) atoms. The molecule has 1 aromatic carbocycles. The van der Waals surface area contributed by atoms with Gasteiger partial charge in [0.1, 0.15) is 17.9 Å². The van der Waals surface area contributed by atoms with Crippen molar-refractivity contribution < 1.29 is 4.74 Å². The Hall–Kier alpha value is -2.67. The van der Waals surface area contributed by atoms with Crippen LogP contribution in [0, 0.1) is 0 Å². The van der Waals surface area contributed by atoms with Gasteiger partial charge in [-0.15, -0.1) is 0 Å². The zero-order valence-corrected chi connectivity index (χ0v) is 16.4. The number of anilines is 1. The third-order valence-corrected chi connectivity index (χ3v) is 6.14. The molecular weight excluding hydrogens is 352 g/mol. The van der Waals surface area contributed by atoms with Crippen LogP contribution in [-0.4, -0.2) is 51.5 Å². The molecule has 1 saturated heterocycles. The highest BCUT2D eigenvalue weighted by Crippen LogP contribution is 2.36. The van der Waals surface area contributed by atoms with Crippen molar-refractivity contribution in [3.63, 3.8) is 0 Å². The second kappa shape index (κ2) is 7.05. The van der Waals surface area contributed by atoms with Crippen molar-refractivity contribution in [1.82, 2.24) is 25.1 Å². The summed E-state index contributed by atoms with van der Waals surface area (Å²) in [6.07, 6.45) is 5.72. The monoisotopic (exact) mass is 378 g/mol. The molecule has 2 unspecified atom stereocenters. The van der Waals surface area contributed by atoms with Gasteiger partial charge in [-0.2, -0.15) is 5.10 Å². The molecular formula is C21H26N6O. The minimum atomic E-state index is 0.393. The first-order chi connectivity index (χ1) is 13.7. The van der Waals surface area contributed by atoms with Gasteiger partial charge in [0.15, 0.2) is 5.65 Å². The standard InChI is InChI=1S/C21H26N6O/c1-14(18-12-28-19-6-4-3-5-16(18)19)25-15-7-9-27(10-8-15)21-17-11-24-26(2)20(17)22-13-23-21/h3-6,11,13-15,18,25H,7-10,12H2,1-2H3. The minimum Gasteiger partial charge on any atom is -0.493 e. The number of para-hydroxylation sites is 1. The Morgan fingerprint density at radius 3 is 2.86 bits per heavy atom. The summed E-state index contributed by atoms with van der Waals surface area (Å²) in [4.78, 5) is 11.3. The van der Waals surface area contributed by atoms with Crippen molar-refractivity contribution in [2.45, 2.75) is 37.8 Å². The Labute approximate surface area is 164 Å². The van der Waals surface area contributed by atoms with Gasteiger partial charge >= 0.3 is 0 Å². The van der Waals surface area contributed by atoms with Gasteiger partial charge in [0.2, 0.25) is 0 Å². The fourth-order valence-electron chi connectivity index (χ4n) is 4.55. The van der Waals surface area contributed by atoms with E-state index in [0.29, 0.717) is 18.0 Å². The molecule has 1 fully saturated rings. The number of piperidine rings is 1. The molecule has 0 amide bonds. The smallest absolute Gasteiger partial charge is 0.163 e. The van der Waals surface area contributed by atoms with Crippen molar-refractivity contribution in [2.75, 3.05) is 24.6 Å². The van der Waals surface area contributed by atoms with Crippen molar-refractivity contribution in [3.05, 3.63) is 42.4 Å². The largest absolute Gasteiger partial charge is 0.493 e. The Bertz CT molecular complexity index is 978. The number of benzene rings is 1. The number of aromatic nitrogens is 4. The summed E-state index contributed by atoms with van der Waals surface area (Å²) >= 11 is 0. The molecule has 7 heteroatoms. The van der Waals surface area contributed by atoms with Gasteiger partial charge < -0.3 is 15.0 Å². The first kappa shape index (κ1) is 17.4. The van der Waals surface area contributed by atoms with Crippen molar-refractivity contribution in [1.29, 1.82) is 0 Å². The molecule has 5 rings (SSSR count). The van der Waals surface area contributed by atoms with Crippen LogP contribution in [0.3, 0.4) is 0 Å². The lowest BCUT2D eigenvalue weighted by atomic mass is 9.93. The summed E-state index contributed by atoms with van der Waals surface area (Å²) in [5.41, 5.74) is 2.22. The van der Waals surface area contributed by atoms with E-state index in [1.165, 1.54) is 5.56 Å². The highest BCUT2D eigenvalue weighted by atomic mass is 16.5. The molecule has 146 valence electrons. The van der Waals surface area contributed by atoms with Crippen LogP contribution in [0.4, 0.5) is 5.82 Å². The molecule has 7 nitrogen and oxygen atoms in total. The van der Waals surface area contributed by atoms with Gasteiger partial charge in [0, 0.05) is 43.7 Å². The Morgan fingerprint density at radius 2 is 2.00 bits per heavy atom. The third-order valence-electron chi connectivity index (χ3n) is 6.14. The van der Waals surface area contributed by atoms with Crippen LogP contribution in [0.1, 0.15) is 31.2 Å². The van der Waals surface area contributed by atoms with E-state index in [0.717, 1.165) is 55.1 Å². The molecule has 0 bridgehead atoms. The lowest BCUT2D eigenvalue weighted by molar-refractivity contribution is 0.283. The number of ether oxygens (including phenoxy) is 1. The average Bonchev–Trinajstić information content (AvgIpc) is 3.33. The second-order valence-electron chi connectivity index (χ2n) is 7.87. The van der Waals surface area contributed by atoms with Gasteiger partial charge in [-0.1, -0.05) is 18.2 Å². The number of aryl methyl sites for hydroxylation is 1. The minimum absolute atomic E-state index is 0.393. The van der Waals surface area contributed by atoms with E-state index in [-0.39, 0.29) is 0 Å². The van der Waals surface area contributed by atoms with E-state index in [1.807, 2.05) is 19.3 Å². The number of fused-ring (bicyclic) bond motifs is 2. The van der Waals surface area contributed by atoms with E-state index in [2.05, 4.69) is 50.4 Å². The van der Waals surface area contributed by atoms with E-state index < -0.39 is 0 Å². The van der Waals surface area contributed by atoms with Crippen LogP contribution in [0.2, 0.25) is 0 Å². The molecule has 0 radical (unpaired) electrons. The first-order valence-corrected chi connectivity index (χ1v) is 10.1. The lowest BCUT2D eigenvalue weighted by Gasteiger charge is -2.35. The van der Waals surface area contributed by atoms with Crippen LogP contribution in [0.15, 0.2) is 36.8 Å². The molecule has 2 aliphatic rings. The van der Waals surface area contributed by atoms with E-state index >= 15 is 0 Å². The molecule has 0 spiro atoms. The van der Waals surface area contributed by atoms with Crippen molar-refractivity contribution in [2.24, 2.45) is 7.05 Å². The summed E-state index contributed by atoms with van der Waals surface area (Å²) in [6.45, 7) is 5.03. The quantitative estimate of drug-likeness (QED) is 0.752. The normalized spacial score (nSPS) is 20.9. The van der Waals surface area contributed by atoms with Crippen molar-refractivity contribution >= 4 is 16.9 Å². The molecule has 3 aromatic rings. The molecule has 0 aliphatic carbocycles. The number of nitrogens with zero attached hydrogens (tertiary/aromatic N) is 5. The number of nitrogens with one attached hydrogen (secondary N) is 1. The number of rotatable bonds is 4. The molecule has 4 heterocycles. The fraction of sp³-hybridized carbons (Fsp3) is 0.476. The van der Waals surface area contributed by atoms with E-state index in [9.17, 15) is 0 Å². The zero-order valence-electron chi connectivity index (χ0n) is 16.4. The predicted molar refractivity (Wildman–Crippen MR) is 109 cm³/mol. The van der Waals surface area contributed by atoms with Crippen LogP contribution in [0.5, 0.6) is 5.75 Å². The predicted octanol–water partition coefficient (Wildman–Crippen LogP) is 2.49. The fourth-order valence-corrected chi connectivity index (χ4v) is 4.55. The third kappa shape index (κ3) is 2.99. The lowest BCUT2D eigenvalue weighted by Crippen LogP contribution is -2.47. The van der Waals surface area contributed by atoms with Gasteiger partial charge in [-0.05, 0) is 25.8 Å². The molecule has 0 saturated carbocycles. The highest BCUT2D eigenvalue weighted by molar-refractivity contribution is 5.86. The molecule has 1 N–H and O–H groups in total. The molecule has 2 aliphatic heterocycles. The van der Waals surface area contributed by atoms with Crippen LogP contribution >= 0.6 is 0 Å². The van der Waals surface area contributed by atoms with Gasteiger partial charge in [0.25, 0.3) is 0 Å². The Kier molecular flexibility index (Phi) is 4.39. The van der Waals surface area contributed by atoms with E-state index in [1.54, 1.807) is 11.0 Å². The molecule has 2 atom stereocenters. The number of hydrogen-bond acceptors (Lipinski definition) is 6. The van der Waals surface area contributed by atoms with Crippen LogP contribution in [0.25, 0.3) is 11.0 Å². The Balaban J connectivity index is 1.23. The SMILES string of the molecule is CC(NC1CCN(c2ncnc3c2cnn3C)CC1)C1COc2ccccc21. The highest BCUT2D eigenvalue weighted by Gasteiger charge is 2.31. The van der Waals surface area contributed by atoms with Gasteiger partial charge in [-0.3, -0.25) is 4.68 Å². The first-order valence-electron chi connectivity index (χ1n) is 10.1. The summed E-state index contributed by atoms with van der Waals surface area (Å²) in [6, 6.07) is 9.33. The van der Waals surface area contributed by atoms with E-state index in [4.69, 9.17) is 4.74 Å². The molecule has 2 aromatic heterocycles. The maximum absolute atomic E-state index is 5.87.